The molecule has 2 rings (SSSR count). The molecule has 1 atom stereocenters. The third kappa shape index (κ3) is 5.57. The van der Waals surface area contributed by atoms with Crippen molar-refractivity contribution < 1.29 is 9.53 Å². The summed E-state index contributed by atoms with van der Waals surface area (Å²) in [4.78, 5) is 18.1. The average Bonchev–Trinajstić information content (AvgIpc) is 2.44. The highest BCUT2D eigenvalue weighted by Crippen LogP contribution is 2.16. The first-order chi connectivity index (χ1) is 10.3. The van der Waals surface area contributed by atoms with E-state index in [1.165, 1.54) is 0 Å². The average molecular weight is 370 g/mol. The fourth-order valence-corrected chi connectivity index (χ4v) is 2.86. The smallest absolute Gasteiger partial charge is 0.410 e. The number of hydrogen-bond donors (Lipinski definition) is 1. The van der Waals surface area contributed by atoms with Crippen LogP contribution in [0.3, 0.4) is 0 Å². The standard InChI is InChI=1S/C16H24BrN3O2/c1-16(2,3)22-15(21)20-6-4-5-14(11-20)19-9-12-7-13(17)10-18-8-12/h7-8,10,14,19H,4-6,9,11H2,1-3H3. The van der Waals surface area contributed by atoms with Gasteiger partial charge in [-0.2, -0.15) is 0 Å². The van der Waals surface area contributed by atoms with E-state index in [1.54, 1.807) is 11.1 Å². The molecule has 0 radical (unpaired) electrons. The first-order valence-electron chi connectivity index (χ1n) is 7.64. The van der Waals surface area contributed by atoms with Crippen molar-refractivity contribution >= 4 is 22.0 Å². The van der Waals surface area contributed by atoms with Crippen molar-refractivity contribution in [1.82, 2.24) is 15.2 Å². The van der Waals surface area contributed by atoms with E-state index in [0.29, 0.717) is 12.6 Å². The molecule has 1 aromatic rings. The van der Waals surface area contributed by atoms with E-state index in [2.05, 4.69) is 32.3 Å². The van der Waals surface area contributed by atoms with E-state index in [1.807, 2.05) is 27.0 Å². The van der Waals surface area contributed by atoms with E-state index in [9.17, 15) is 4.79 Å². The Morgan fingerprint density at radius 3 is 2.95 bits per heavy atom. The predicted molar refractivity (Wildman–Crippen MR) is 89.6 cm³/mol. The highest BCUT2D eigenvalue weighted by molar-refractivity contribution is 9.10. The third-order valence-corrected chi connectivity index (χ3v) is 3.86. The SMILES string of the molecule is CC(C)(C)OC(=O)N1CCCC(NCc2cncc(Br)c2)C1. The minimum absolute atomic E-state index is 0.219. The van der Waals surface area contributed by atoms with Crippen LogP contribution in [0.5, 0.6) is 0 Å². The molecule has 1 fully saturated rings. The second kappa shape index (κ2) is 7.42. The Labute approximate surface area is 140 Å². The van der Waals surface area contributed by atoms with Gasteiger partial charge in [-0.25, -0.2) is 4.79 Å². The van der Waals surface area contributed by atoms with E-state index in [0.717, 1.165) is 36.0 Å². The number of nitrogens with one attached hydrogen (secondary N) is 1. The van der Waals surface area contributed by atoms with E-state index >= 15 is 0 Å². The lowest BCUT2D eigenvalue weighted by Crippen LogP contribution is -2.49. The first-order valence-corrected chi connectivity index (χ1v) is 8.43. The maximum Gasteiger partial charge on any atom is 0.410 e. The van der Waals surface area contributed by atoms with Gasteiger partial charge in [0.2, 0.25) is 0 Å². The number of halogens is 1. The van der Waals surface area contributed by atoms with Gasteiger partial charge >= 0.3 is 6.09 Å². The van der Waals surface area contributed by atoms with Crippen molar-refractivity contribution in [2.24, 2.45) is 0 Å². The van der Waals surface area contributed by atoms with Gasteiger partial charge in [-0.15, -0.1) is 0 Å². The molecule has 1 N–H and O–H groups in total. The highest BCUT2D eigenvalue weighted by atomic mass is 79.9. The molecular weight excluding hydrogens is 346 g/mol. The number of pyridine rings is 1. The van der Waals surface area contributed by atoms with Gasteiger partial charge in [0.05, 0.1) is 0 Å². The van der Waals surface area contributed by atoms with Crippen molar-refractivity contribution in [3.8, 4) is 0 Å². The van der Waals surface area contributed by atoms with Crippen LogP contribution >= 0.6 is 15.9 Å². The largest absolute Gasteiger partial charge is 0.444 e. The van der Waals surface area contributed by atoms with E-state index in [-0.39, 0.29) is 6.09 Å². The zero-order valence-corrected chi connectivity index (χ0v) is 15.0. The predicted octanol–water partition coefficient (Wildman–Crippen LogP) is 3.33. The van der Waals surface area contributed by atoms with Crippen molar-refractivity contribution in [1.29, 1.82) is 0 Å². The molecule has 122 valence electrons. The number of nitrogens with zero attached hydrogens (tertiary/aromatic N) is 2. The van der Waals surface area contributed by atoms with Crippen molar-refractivity contribution in [3.05, 3.63) is 28.5 Å². The molecule has 0 aliphatic carbocycles. The van der Waals surface area contributed by atoms with Gasteiger partial charge in [0, 0.05) is 42.5 Å². The molecule has 1 saturated heterocycles. The van der Waals surface area contributed by atoms with Crippen LogP contribution in [-0.4, -0.2) is 40.7 Å². The van der Waals surface area contributed by atoms with Gasteiger partial charge < -0.3 is 15.0 Å². The topological polar surface area (TPSA) is 54.5 Å². The van der Waals surface area contributed by atoms with Crippen LogP contribution in [0.15, 0.2) is 22.9 Å². The van der Waals surface area contributed by atoms with Crippen LogP contribution in [0, 0.1) is 0 Å². The number of ether oxygens (including phenoxy) is 1. The number of piperidine rings is 1. The Morgan fingerprint density at radius 1 is 1.50 bits per heavy atom. The summed E-state index contributed by atoms with van der Waals surface area (Å²) >= 11 is 3.42. The number of likely N-dealkylation sites (tertiary alicyclic amines) is 1. The number of carbonyl (C=O) groups is 1. The second-order valence-electron chi connectivity index (χ2n) is 6.66. The number of amides is 1. The molecule has 0 aromatic carbocycles. The Hall–Kier alpha value is -1.14. The molecule has 1 unspecified atom stereocenters. The number of rotatable bonds is 3. The zero-order valence-electron chi connectivity index (χ0n) is 13.4. The van der Waals surface area contributed by atoms with Gasteiger partial charge in [-0.1, -0.05) is 0 Å². The molecule has 1 aliphatic heterocycles. The number of hydrogen-bond acceptors (Lipinski definition) is 4. The Morgan fingerprint density at radius 2 is 2.27 bits per heavy atom. The van der Waals surface area contributed by atoms with Crippen molar-refractivity contribution in [3.63, 3.8) is 0 Å². The third-order valence-electron chi connectivity index (χ3n) is 3.43. The van der Waals surface area contributed by atoms with Crippen LogP contribution in [-0.2, 0) is 11.3 Å². The second-order valence-corrected chi connectivity index (χ2v) is 7.57. The quantitative estimate of drug-likeness (QED) is 0.887. The Bertz CT molecular complexity index is 516. The van der Waals surface area contributed by atoms with Crippen LogP contribution in [0.25, 0.3) is 0 Å². The Balaban J connectivity index is 1.84. The summed E-state index contributed by atoms with van der Waals surface area (Å²) in [6, 6.07) is 2.34. The van der Waals surface area contributed by atoms with Crippen LogP contribution in [0.2, 0.25) is 0 Å². The summed E-state index contributed by atoms with van der Waals surface area (Å²) in [5, 5.41) is 3.50. The molecule has 0 saturated carbocycles. The minimum atomic E-state index is -0.445. The molecular formula is C16H24BrN3O2. The zero-order chi connectivity index (χ0) is 16.2. The first kappa shape index (κ1) is 17.2. The summed E-state index contributed by atoms with van der Waals surface area (Å²) in [6.45, 7) is 7.89. The van der Waals surface area contributed by atoms with E-state index < -0.39 is 5.60 Å². The molecule has 22 heavy (non-hydrogen) atoms. The maximum absolute atomic E-state index is 12.1. The molecule has 1 aromatic heterocycles. The van der Waals surface area contributed by atoms with Gasteiger partial charge in [-0.05, 0) is 61.2 Å². The monoisotopic (exact) mass is 369 g/mol. The lowest BCUT2D eigenvalue weighted by atomic mass is 10.1. The summed E-state index contributed by atoms with van der Waals surface area (Å²) in [5.74, 6) is 0. The minimum Gasteiger partial charge on any atom is -0.444 e. The molecule has 2 heterocycles. The lowest BCUT2D eigenvalue weighted by Gasteiger charge is -2.34. The Kier molecular flexibility index (Phi) is 5.81. The number of carbonyl (C=O) groups excluding carboxylic acids is 1. The molecule has 0 spiro atoms. The molecule has 1 amide bonds. The summed E-state index contributed by atoms with van der Waals surface area (Å²) in [5.41, 5.74) is 0.683. The molecule has 5 nitrogen and oxygen atoms in total. The van der Waals surface area contributed by atoms with E-state index in [4.69, 9.17) is 4.74 Å². The van der Waals surface area contributed by atoms with Crippen LogP contribution in [0.4, 0.5) is 4.79 Å². The van der Waals surface area contributed by atoms with Gasteiger partial charge in [0.1, 0.15) is 5.60 Å². The molecule has 0 bridgehead atoms. The van der Waals surface area contributed by atoms with Crippen molar-refractivity contribution in [2.45, 2.75) is 51.8 Å². The molecule has 1 aliphatic rings. The maximum atomic E-state index is 12.1. The highest BCUT2D eigenvalue weighted by Gasteiger charge is 2.27. The van der Waals surface area contributed by atoms with Crippen LogP contribution < -0.4 is 5.32 Å². The fraction of sp³-hybridized carbons (Fsp3) is 0.625. The van der Waals surface area contributed by atoms with Crippen LogP contribution in [0.1, 0.15) is 39.2 Å². The van der Waals surface area contributed by atoms with Gasteiger partial charge in [0.15, 0.2) is 0 Å². The lowest BCUT2D eigenvalue weighted by molar-refractivity contribution is 0.0187. The molecule has 6 heteroatoms. The normalized spacial score (nSPS) is 19.1. The fourth-order valence-electron chi connectivity index (χ4n) is 2.45. The van der Waals surface area contributed by atoms with Crippen molar-refractivity contribution in [2.75, 3.05) is 13.1 Å². The van der Waals surface area contributed by atoms with Gasteiger partial charge in [-0.3, -0.25) is 4.98 Å². The summed E-state index contributed by atoms with van der Waals surface area (Å²) in [7, 11) is 0. The summed E-state index contributed by atoms with van der Waals surface area (Å²) < 4.78 is 6.42. The summed E-state index contributed by atoms with van der Waals surface area (Å²) in [6.07, 6.45) is 5.47. The number of aromatic nitrogens is 1. The van der Waals surface area contributed by atoms with Gasteiger partial charge in [0.25, 0.3) is 0 Å².